The van der Waals surface area contributed by atoms with E-state index in [0.717, 1.165) is 23.1 Å². The summed E-state index contributed by atoms with van der Waals surface area (Å²) in [4.78, 5) is 12.7. The fourth-order valence-electron chi connectivity index (χ4n) is 2.49. The molecule has 1 saturated heterocycles. The number of rotatable bonds is 3. The van der Waals surface area contributed by atoms with Crippen LogP contribution in [0.15, 0.2) is 60.5 Å². The molecule has 0 N–H and O–H groups in total. The van der Waals surface area contributed by atoms with Crippen LogP contribution in [0.4, 0.5) is 4.39 Å². The second-order valence-corrected chi connectivity index (χ2v) is 5.10. The second-order valence-electron chi connectivity index (χ2n) is 5.10. The van der Waals surface area contributed by atoms with Crippen LogP contribution in [-0.2, 0) is 4.79 Å². The van der Waals surface area contributed by atoms with E-state index < -0.39 is 5.95 Å². The summed E-state index contributed by atoms with van der Waals surface area (Å²) < 4.78 is 14.0. The van der Waals surface area contributed by atoms with Crippen LogP contribution in [0, 0.1) is 0 Å². The lowest BCUT2D eigenvalue weighted by Crippen LogP contribution is -2.21. The van der Waals surface area contributed by atoms with Crippen LogP contribution in [-0.4, -0.2) is 17.4 Å². The van der Waals surface area contributed by atoms with Crippen LogP contribution in [0.25, 0.3) is 17.2 Å². The summed E-state index contributed by atoms with van der Waals surface area (Å²) >= 11 is 0. The molecule has 3 heteroatoms. The summed E-state index contributed by atoms with van der Waals surface area (Å²) in [6, 6.07) is 17.7. The Kier molecular flexibility index (Phi) is 3.82. The molecule has 1 aliphatic heterocycles. The summed E-state index contributed by atoms with van der Waals surface area (Å²) in [6.45, 7) is 0.475. The van der Waals surface area contributed by atoms with E-state index in [9.17, 15) is 9.18 Å². The van der Waals surface area contributed by atoms with Gasteiger partial charge in [0, 0.05) is 13.0 Å². The average molecular weight is 281 g/mol. The number of carbonyl (C=O) groups is 1. The molecule has 2 aromatic rings. The fraction of sp³-hybridized carbons (Fsp3) is 0.167. The third kappa shape index (κ3) is 3.02. The molecule has 2 aromatic carbocycles. The number of carbonyl (C=O) groups excluding carboxylic acids is 1. The molecular formula is C18H16FNO. The number of amides is 1. The van der Waals surface area contributed by atoms with E-state index in [1.165, 1.54) is 11.0 Å². The monoisotopic (exact) mass is 281 g/mol. The van der Waals surface area contributed by atoms with Crippen molar-refractivity contribution in [3.05, 3.63) is 66.1 Å². The minimum Gasteiger partial charge on any atom is -0.289 e. The molecule has 0 aromatic heterocycles. The lowest BCUT2D eigenvalue weighted by molar-refractivity contribution is -0.126. The largest absolute Gasteiger partial charge is 0.289 e. The van der Waals surface area contributed by atoms with Crippen molar-refractivity contribution in [3.8, 4) is 11.1 Å². The predicted molar refractivity (Wildman–Crippen MR) is 81.9 cm³/mol. The standard InChI is InChI=1S/C18H16FNO/c19-17(20-12-4-7-18(20)21)13-14-8-10-16(11-9-14)15-5-2-1-3-6-15/h1-3,5-6,8-11,13H,4,7,12H2/b17-13+. The summed E-state index contributed by atoms with van der Waals surface area (Å²) in [7, 11) is 0. The number of benzene rings is 2. The van der Waals surface area contributed by atoms with Crippen LogP contribution < -0.4 is 0 Å². The van der Waals surface area contributed by atoms with Crippen molar-refractivity contribution in [2.75, 3.05) is 6.54 Å². The first-order valence-electron chi connectivity index (χ1n) is 7.07. The van der Waals surface area contributed by atoms with Gasteiger partial charge in [0.1, 0.15) is 0 Å². The Hall–Kier alpha value is -2.42. The first-order valence-corrected chi connectivity index (χ1v) is 7.07. The zero-order valence-corrected chi connectivity index (χ0v) is 11.6. The summed E-state index contributed by atoms with van der Waals surface area (Å²) in [5, 5.41) is 0. The number of nitrogens with zero attached hydrogens (tertiary/aromatic N) is 1. The third-order valence-corrected chi connectivity index (χ3v) is 3.63. The smallest absolute Gasteiger partial charge is 0.228 e. The Morgan fingerprint density at radius 1 is 1.00 bits per heavy atom. The van der Waals surface area contributed by atoms with Crippen LogP contribution in [0.1, 0.15) is 18.4 Å². The highest BCUT2D eigenvalue weighted by molar-refractivity contribution is 5.80. The molecule has 1 heterocycles. The normalized spacial score (nSPS) is 15.6. The van der Waals surface area contributed by atoms with Crippen LogP contribution in [0.5, 0.6) is 0 Å². The third-order valence-electron chi connectivity index (χ3n) is 3.63. The van der Waals surface area contributed by atoms with Gasteiger partial charge in [-0.25, -0.2) is 0 Å². The Labute approximate surface area is 123 Å². The van der Waals surface area contributed by atoms with Gasteiger partial charge >= 0.3 is 0 Å². The average Bonchev–Trinajstić information content (AvgIpc) is 2.95. The van der Waals surface area contributed by atoms with Crippen molar-refractivity contribution in [1.82, 2.24) is 4.90 Å². The van der Waals surface area contributed by atoms with Crippen LogP contribution in [0.3, 0.4) is 0 Å². The maximum atomic E-state index is 14.0. The van der Waals surface area contributed by atoms with Crippen molar-refractivity contribution in [3.63, 3.8) is 0 Å². The van der Waals surface area contributed by atoms with E-state index in [-0.39, 0.29) is 5.91 Å². The molecule has 3 rings (SSSR count). The molecule has 0 radical (unpaired) electrons. The van der Waals surface area contributed by atoms with E-state index in [0.29, 0.717) is 13.0 Å². The summed E-state index contributed by atoms with van der Waals surface area (Å²) in [6.07, 6.45) is 2.58. The molecule has 1 fully saturated rings. The van der Waals surface area contributed by atoms with Gasteiger partial charge in [-0.15, -0.1) is 0 Å². The fourth-order valence-corrected chi connectivity index (χ4v) is 2.49. The number of hydrogen-bond acceptors (Lipinski definition) is 1. The highest BCUT2D eigenvalue weighted by Gasteiger charge is 2.23. The van der Waals surface area contributed by atoms with Gasteiger partial charge in [-0.3, -0.25) is 9.69 Å². The van der Waals surface area contributed by atoms with Crippen molar-refractivity contribution < 1.29 is 9.18 Å². The molecule has 0 atom stereocenters. The summed E-state index contributed by atoms with van der Waals surface area (Å²) in [5.41, 5.74) is 2.97. The lowest BCUT2D eigenvalue weighted by Gasteiger charge is -2.12. The molecule has 0 spiro atoms. The second kappa shape index (κ2) is 5.92. The van der Waals surface area contributed by atoms with Crippen molar-refractivity contribution in [2.24, 2.45) is 0 Å². The van der Waals surface area contributed by atoms with Crippen LogP contribution in [0.2, 0.25) is 0 Å². The Bertz CT molecular complexity index is 661. The van der Waals surface area contributed by atoms with Crippen molar-refractivity contribution in [2.45, 2.75) is 12.8 Å². The quantitative estimate of drug-likeness (QED) is 0.770. The molecule has 0 unspecified atom stereocenters. The lowest BCUT2D eigenvalue weighted by atomic mass is 10.0. The molecule has 0 bridgehead atoms. The minimum atomic E-state index is -0.468. The van der Waals surface area contributed by atoms with Gasteiger partial charge in [-0.1, -0.05) is 54.6 Å². The molecule has 1 amide bonds. The number of halogens is 1. The number of likely N-dealkylation sites (tertiary alicyclic amines) is 1. The maximum Gasteiger partial charge on any atom is 0.228 e. The molecule has 0 saturated carbocycles. The van der Waals surface area contributed by atoms with E-state index in [1.807, 2.05) is 54.6 Å². The molecule has 21 heavy (non-hydrogen) atoms. The Morgan fingerprint density at radius 3 is 2.29 bits per heavy atom. The zero-order valence-electron chi connectivity index (χ0n) is 11.6. The first kappa shape index (κ1) is 13.6. The van der Waals surface area contributed by atoms with Crippen LogP contribution >= 0.6 is 0 Å². The van der Waals surface area contributed by atoms with Gasteiger partial charge in [-0.2, -0.15) is 4.39 Å². The molecule has 0 aliphatic carbocycles. The molecular weight excluding hydrogens is 265 g/mol. The highest BCUT2D eigenvalue weighted by Crippen LogP contribution is 2.22. The molecule has 106 valence electrons. The highest BCUT2D eigenvalue weighted by atomic mass is 19.1. The van der Waals surface area contributed by atoms with E-state index >= 15 is 0 Å². The minimum absolute atomic E-state index is 0.135. The predicted octanol–water partition coefficient (Wildman–Crippen LogP) is 4.24. The van der Waals surface area contributed by atoms with Gasteiger partial charge in [-0.05, 0) is 29.2 Å². The molecule has 1 aliphatic rings. The Morgan fingerprint density at radius 2 is 1.67 bits per heavy atom. The van der Waals surface area contributed by atoms with Gasteiger partial charge < -0.3 is 0 Å². The summed E-state index contributed by atoms with van der Waals surface area (Å²) in [5.74, 6) is -0.602. The zero-order chi connectivity index (χ0) is 14.7. The van der Waals surface area contributed by atoms with Crippen molar-refractivity contribution in [1.29, 1.82) is 0 Å². The van der Waals surface area contributed by atoms with E-state index in [1.54, 1.807) is 0 Å². The first-order chi connectivity index (χ1) is 10.2. The maximum absolute atomic E-state index is 14.0. The SMILES string of the molecule is O=C1CCCN1/C(F)=C/c1ccc(-c2ccccc2)cc1. The topological polar surface area (TPSA) is 20.3 Å². The molecule has 2 nitrogen and oxygen atoms in total. The van der Waals surface area contributed by atoms with E-state index in [4.69, 9.17) is 0 Å². The van der Waals surface area contributed by atoms with Crippen molar-refractivity contribution >= 4 is 12.0 Å². The van der Waals surface area contributed by atoms with Gasteiger partial charge in [0.2, 0.25) is 5.91 Å². The van der Waals surface area contributed by atoms with E-state index in [2.05, 4.69) is 0 Å². The number of hydrogen-bond donors (Lipinski definition) is 0. The van der Waals surface area contributed by atoms with Gasteiger partial charge in [0.05, 0.1) is 0 Å². The van der Waals surface area contributed by atoms with Gasteiger partial charge in [0.15, 0.2) is 5.95 Å². The van der Waals surface area contributed by atoms with Gasteiger partial charge in [0.25, 0.3) is 0 Å². The Balaban J connectivity index is 1.80.